The molecule has 3 nitrogen and oxygen atoms in total. The highest BCUT2D eigenvalue weighted by molar-refractivity contribution is 9.10. The van der Waals surface area contributed by atoms with Crippen molar-refractivity contribution in [3.63, 3.8) is 0 Å². The summed E-state index contributed by atoms with van der Waals surface area (Å²) >= 11 is 9.15. The molecular formula is C9H10BrClO3S. The van der Waals surface area contributed by atoms with Gasteiger partial charge in [-0.15, -0.1) is 0 Å². The van der Waals surface area contributed by atoms with Crippen molar-refractivity contribution < 1.29 is 12.6 Å². The maximum atomic E-state index is 10.7. The van der Waals surface area contributed by atoms with Crippen LogP contribution in [-0.2, 0) is 20.7 Å². The molecule has 0 saturated carbocycles. The fraction of sp³-hybridized carbons (Fsp3) is 0.333. The number of hydrogen-bond acceptors (Lipinski definition) is 3. The third kappa shape index (κ3) is 4.97. The molecule has 0 spiro atoms. The Balaban J connectivity index is 2.55. The van der Waals surface area contributed by atoms with E-state index in [4.69, 9.17) is 11.6 Å². The highest BCUT2D eigenvalue weighted by atomic mass is 79.9. The van der Waals surface area contributed by atoms with E-state index in [-0.39, 0.29) is 6.61 Å². The lowest BCUT2D eigenvalue weighted by atomic mass is 10.2. The van der Waals surface area contributed by atoms with Gasteiger partial charge in [-0.05, 0) is 40.0 Å². The molecule has 6 heteroatoms. The Hall–Kier alpha value is -0.100. The second-order valence-corrected chi connectivity index (χ2v) is 5.93. The minimum atomic E-state index is -3.35. The lowest BCUT2D eigenvalue weighted by Crippen LogP contribution is -2.06. The van der Waals surface area contributed by atoms with E-state index in [1.165, 1.54) is 0 Å². The Morgan fingerprint density at radius 1 is 1.47 bits per heavy atom. The highest BCUT2D eigenvalue weighted by Crippen LogP contribution is 2.23. The van der Waals surface area contributed by atoms with E-state index < -0.39 is 10.1 Å². The molecule has 0 unspecified atom stereocenters. The van der Waals surface area contributed by atoms with Crippen LogP contribution in [0, 0.1) is 0 Å². The molecule has 84 valence electrons. The largest absolute Gasteiger partial charge is 0.270 e. The van der Waals surface area contributed by atoms with Gasteiger partial charge >= 0.3 is 0 Å². The first kappa shape index (κ1) is 13.0. The molecule has 1 aromatic rings. The summed E-state index contributed by atoms with van der Waals surface area (Å²) in [5.41, 5.74) is 0.937. The van der Waals surface area contributed by atoms with Crippen molar-refractivity contribution in [3.05, 3.63) is 33.3 Å². The minimum Gasteiger partial charge on any atom is -0.270 e. The normalized spacial score (nSPS) is 11.7. The fourth-order valence-corrected chi connectivity index (χ4v) is 1.84. The average molecular weight is 314 g/mol. The third-order valence-corrected chi connectivity index (χ3v) is 3.50. The van der Waals surface area contributed by atoms with Crippen molar-refractivity contribution >= 4 is 37.6 Å². The standard InChI is InChI=1S/C9H10BrClO3S/c1-15(12,13)14-5-4-7-2-3-8(10)9(11)6-7/h2-3,6H,4-5H2,1H3. The van der Waals surface area contributed by atoms with Crippen LogP contribution >= 0.6 is 27.5 Å². The second kappa shape index (κ2) is 5.30. The molecule has 0 heterocycles. The van der Waals surface area contributed by atoms with Gasteiger partial charge in [-0.1, -0.05) is 17.7 Å². The van der Waals surface area contributed by atoms with Crippen molar-refractivity contribution in [2.45, 2.75) is 6.42 Å². The van der Waals surface area contributed by atoms with Crippen LogP contribution in [0.3, 0.4) is 0 Å². The summed E-state index contributed by atoms with van der Waals surface area (Å²) in [5.74, 6) is 0. The Bertz CT molecular complexity index is 445. The molecule has 0 fully saturated rings. The number of rotatable bonds is 4. The molecule has 0 N–H and O–H groups in total. The smallest absolute Gasteiger partial charge is 0.264 e. The van der Waals surface area contributed by atoms with Crippen molar-refractivity contribution in [2.75, 3.05) is 12.9 Å². The van der Waals surface area contributed by atoms with E-state index in [0.717, 1.165) is 16.3 Å². The van der Waals surface area contributed by atoms with Crippen LogP contribution in [-0.4, -0.2) is 21.3 Å². The van der Waals surface area contributed by atoms with E-state index >= 15 is 0 Å². The summed E-state index contributed by atoms with van der Waals surface area (Å²) in [6, 6.07) is 5.46. The molecule has 0 saturated heterocycles. The molecule has 0 aliphatic rings. The zero-order valence-corrected chi connectivity index (χ0v) is 11.2. The fourth-order valence-electron chi connectivity index (χ4n) is 1.01. The van der Waals surface area contributed by atoms with Gasteiger partial charge in [0.15, 0.2) is 0 Å². The average Bonchev–Trinajstić information content (AvgIpc) is 2.09. The maximum absolute atomic E-state index is 10.7. The van der Waals surface area contributed by atoms with Crippen LogP contribution in [0.2, 0.25) is 5.02 Å². The summed E-state index contributed by atoms with van der Waals surface area (Å²) in [6.45, 7) is 0.136. The quantitative estimate of drug-likeness (QED) is 0.803. The molecule has 0 aromatic heterocycles. The third-order valence-electron chi connectivity index (χ3n) is 1.67. The molecule has 0 radical (unpaired) electrons. The van der Waals surface area contributed by atoms with Gasteiger partial charge in [0, 0.05) is 4.47 Å². The summed E-state index contributed by atoms with van der Waals surface area (Å²) < 4.78 is 26.8. The highest BCUT2D eigenvalue weighted by Gasteiger charge is 2.03. The molecule has 1 aromatic carbocycles. The first-order valence-corrected chi connectivity index (χ1v) is 7.15. The summed E-state index contributed by atoms with van der Waals surface area (Å²) in [5, 5.41) is 0.604. The van der Waals surface area contributed by atoms with Gasteiger partial charge < -0.3 is 0 Å². The van der Waals surface area contributed by atoms with E-state index in [0.29, 0.717) is 11.4 Å². The Labute approximate surface area is 103 Å². The summed E-state index contributed by atoms with van der Waals surface area (Å²) in [6.07, 6.45) is 1.54. The van der Waals surface area contributed by atoms with Gasteiger partial charge in [-0.25, -0.2) is 0 Å². The van der Waals surface area contributed by atoms with Crippen LogP contribution in [0.25, 0.3) is 0 Å². The van der Waals surface area contributed by atoms with Gasteiger partial charge in [-0.3, -0.25) is 4.18 Å². The molecule has 0 aliphatic carbocycles. The van der Waals surface area contributed by atoms with E-state index in [2.05, 4.69) is 20.1 Å². The molecule has 0 atom stereocenters. The second-order valence-electron chi connectivity index (χ2n) is 3.02. The van der Waals surface area contributed by atoms with E-state index in [1.54, 1.807) is 6.07 Å². The lowest BCUT2D eigenvalue weighted by molar-refractivity contribution is 0.326. The predicted molar refractivity (Wildman–Crippen MR) is 63.7 cm³/mol. The molecular weight excluding hydrogens is 304 g/mol. The van der Waals surface area contributed by atoms with Crippen molar-refractivity contribution in [1.82, 2.24) is 0 Å². The van der Waals surface area contributed by atoms with Crippen molar-refractivity contribution in [1.29, 1.82) is 0 Å². The van der Waals surface area contributed by atoms with E-state index in [1.807, 2.05) is 12.1 Å². The van der Waals surface area contributed by atoms with Crippen molar-refractivity contribution in [2.24, 2.45) is 0 Å². The molecule has 0 amide bonds. The first-order valence-electron chi connectivity index (χ1n) is 4.17. The first-order chi connectivity index (χ1) is 6.88. The number of benzene rings is 1. The van der Waals surface area contributed by atoms with Crippen LogP contribution in [0.15, 0.2) is 22.7 Å². The molecule has 1 rings (SSSR count). The Morgan fingerprint density at radius 3 is 2.67 bits per heavy atom. The zero-order chi connectivity index (χ0) is 11.5. The molecule has 0 bridgehead atoms. The van der Waals surface area contributed by atoms with Gasteiger partial charge in [0.05, 0.1) is 17.9 Å². The molecule has 15 heavy (non-hydrogen) atoms. The van der Waals surface area contributed by atoms with Crippen LogP contribution < -0.4 is 0 Å². The zero-order valence-electron chi connectivity index (χ0n) is 8.04. The van der Waals surface area contributed by atoms with Gasteiger partial charge in [0.25, 0.3) is 10.1 Å². The lowest BCUT2D eigenvalue weighted by Gasteiger charge is -2.03. The van der Waals surface area contributed by atoms with Crippen LogP contribution in [0.1, 0.15) is 5.56 Å². The van der Waals surface area contributed by atoms with Crippen molar-refractivity contribution in [3.8, 4) is 0 Å². The summed E-state index contributed by atoms with van der Waals surface area (Å²) in [4.78, 5) is 0. The summed E-state index contributed by atoms with van der Waals surface area (Å²) in [7, 11) is -3.35. The van der Waals surface area contributed by atoms with Gasteiger partial charge in [0.2, 0.25) is 0 Å². The topological polar surface area (TPSA) is 43.4 Å². The van der Waals surface area contributed by atoms with Gasteiger partial charge in [-0.2, -0.15) is 8.42 Å². The minimum absolute atomic E-state index is 0.136. The number of halogens is 2. The number of hydrogen-bond donors (Lipinski definition) is 0. The monoisotopic (exact) mass is 312 g/mol. The van der Waals surface area contributed by atoms with Gasteiger partial charge in [0.1, 0.15) is 0 Å². The Kier molecular flexibility index (Phi) is 4.58. The van der Waals surface area contributed by atoms with Crippen LogP contribution in [0.4, 0.5) is 0 Å². The van der Waals surface area contributed by atoms with Crippen LogP contribution in [0.5, 0.6) is 0 Å². The Morgan fingerprint density at radius 2 is 2.13 bits per heavy atom. The molecule has 0 aliphatic heterocycles. The maximum Gasteiger partial charge on any atom is 0.264 e. The predicted octanol–water partition coefficient (Wildman–Crippen LogP) is 2.62. The SMILES string of the molecule is CS(=O)(=O)OCCc1ccc(Br)c(Cl)c1. The van der Waals surface area contributed by atoms with E-state index in [9.17, 15) is 8.42 Å².